The van der Waals surface area contributed by atoms with Crippen LogP contribution in [-0.2, 0) is 4.79 Å². The third kappa shape index (κ3) is 5.46. The van der Waals surface area contributed by atoms with Gasteiger partial charge in [-0.25, -0.2) is 0 Å². The zero-order valence-corrected chi connectivity index (χ0v) is 15.5. The average molecular weight is 394 g/mol. The molecule has 0 fully saturated rings. The molecule has 29 heavy (non-hydrogen) atoms. The van der Waals surface area contributed by atoms with E-state index in [1.165, 1.54) is 25.3 Å². The number of carbonyl (C=O) groups is 1. The first-order valence-corrected chi connectivity index (χ1v) is 8.63. The fourth-order valence-corrected chi connectivity index (χ4v) is 2.48. The normalized spacial score (nSPS) is 10.1. The first-order valence-electron chi connectivity index (χ1n) is 8.63. The molecule has 1 amide bonds. The van der Waals surface area contributed by atoms with Crippen LogP contribution in [0.25, 0.3) is 0 Å². The van der Waals surface area contributed by atoms with Crippen molar-refractivity contribution in [2.45, 2.75) is 0 Å². The second-order valence-electron chi connectivity index (χ2n) is 5.87. The molecule has 0 aliphatic rings. The number of hydrogen-bond acceptors (Lipinski definition) is 6. The number of nitrogens with zero attached hydrogens (tertiary/aromatic N) is 1. The number of rotatable bonds is 8. The van der Waals surface area contributed by atoms with Gasteiger partial charge in [-0.3, -0.25) is 14.9 Å². The predicted molar refractivity (Wildman–Crippen MR) is 107 cm³/mol. The number of anilines is 1. The molecular formula is C21H18N2O6. The van der Waals surface area contributed by atoms with Gasteiger partial charge < -0.3 is 19.5 Å². The van der Waals surface area contributed by atoms with E-state index < -0.39 is 10.8 Å². The molecular weight excluding hydrogens is 376 g/mol. The van der Waals surface area contributed by atoms with Crippen LogP contribution in [0.1, 0.15) is 0 Å². The molecule has 0 unspecified atom stereocenters. The smallest absolute Gasteiger partial charge is 0.296 e. The Morgan fingerprint density at radius 1 is 0.931 bits per heavy atom. The highest BCUT2D eigenvalue weighted by molar-refractivity contribution is 5.94. The molecule has 0 aromatic heterocycles. The molecule has 3 rings (SSSR count). The Bertz CT molecular complexity index is 1010. The lowest BCUT2D eigenvalue weighted by molar-refractivity contribution is -0.384. The van der Waals surface area contributed by atoms with Gasteiger partial charge in [0.25, 0.3) is 11.6 Å². The number of nitro benzene ring substituents is 1. The van der Waals surface area contributed by atoms with Gasteiger partial charge >= 0.3 is 0 Å². The zero-order valence-electron chi connectivity index (χ0n) is 15.5. The van der Waals surface area contributed by atoms with E-state index in [2.05, 4.69) is 5.32 Å². The molecule has 0 saturated heterocycles. The van der Waals surface area contributed by atoms with Crippen molar-refractivity contribution < 1.29 is 23.9 Å². The van der Waals surface area contributed by atoms with Crippen molar-refractivity contribution in [2.24, 2.45) is 0 Å². The van der Waals surface area contributed by atoms with E-state index in [0.717, 1.165) is 0 Å². The number of amides is 1. The number of para-hydroxylation sites is 1. The Hall–Kier alpha value is -4.07. The Morgan fingerprint density at radius 2 is 1.66 bits per heavy atom. The lowest BCUT2D eigenvalue weighted by Crippen LogP contribution is -2.20. The summed E-state index contributed by atoms with van der Waals surface area (Å²) in [7, 11) is 1.40. The van der Waals surface area contributed by atoms with E-state index in [4.69, 9.17) is 14.2 Å². The minimum absolute atomic E-state index is 0.0607. The molecule has 0 heterocycles. The van der Waals surface area contributed by atoms with Crippen molar-refractivity contribution in [3.63, 3.8) is 0 Å². The van der Waals surface area contributed by atoms with Crippen molar-refractivity contribution in [1.82, 2.24) is 0 Å². The van der Waals surface area contributed by atoms with Crippen LogP contribution >= 0.6 is 0 Å². The fraction of sp³-hybridized carbons (Fsp3) is 0.0952. The maximum atomic E-state index is 12.2. The molecule has 0 aliphatic carbocycles. The highest BCUT2D eigenvalue weighted by Crippen LogP contribution is 2.29. The van der Waals surface area contributed by atoms with Gasteiger partial charge in [0.05, 0.1) is 18.1 Å². The molecule has 0 spiro atoms. The van der Waals surface area contributed by atoms with Gasteiger partial charge in [0.2, 0.25) is 0 Å². The lowest BCUT2D eigenvalue weighted by atomic mass is 10.2. The monoisotopic (exact) mass is 394 g/mol. The molecule has 0 saturated carbocycles. The minimum atomic E-state index is -0.594. The number of carbonyl (C=O) groups excluding carboxylic acids is 1. The van der Waals surface area contributed by atoms with Crippen LogP contribution in [0.4, 0.5) is 11.4 Å². The maximum Gasteiger partial charge on any atom is 0.296 e. The second-order valence-corrected chi connectivity index (χ2v) is 5.87. The van der Waals surface area contributed by atoms with Crippen molar-refractivity contribution in [3.8, 4) is 23.0 Å². The summed E-state index contributed by atoms with van der Waals surface area (Å²) in [6.45, 7) is -0.321. The van der Waals surface area contributed by atoms with Gasteiger partial charge in [-0.05, 0) is 36.4 Å². The van der Waals surface area contributed by atoms with Crippen molar-refractivity contribution in [2.75, 3.05) is 19.0 Å². The third-order valence-electron chi connectivity index (χ3n) is 3.83. The Morgan fingerprint density at radius 3 is 2.38 bits per heavy atom. The van der Waals surface area contributed by atoms with Crippen LogP contribution in [0, 0.1) is 10.1 Å². The highest BCUT2D eigenvalue weighted by Gasteiger charge is 2.17. The van der Waals surface area contributed by atoms with Crippen LogP contribution in [0.5, 0.6) is 23.0 Å². The summed E-state index contributed by atoms with van der Waals surface area (Å²) in [6.07, 6.45) is 0. The van der Waals surface area contributed by atoms with E-state index in [9.17, 15) is 14.9 Å². The zero-order chi connectivity index (χ0) is 20.6. The number of nitro groups is 1. The molecule has 3 aromatic carbocycles. The van der Waals surface area contributed by atoms with Gasteiger partial charge in [-0.2, -0.15) is 0 Å². The van der Waals surface area contributed by atoms with Gasteiger partial charge in [-0.1, -0.05) is 24.3 Å². The molecule has 3 aromatic rings. The summed E-state index contributed by atoms with van der Waals surface area (Å²) < 4.78 is 16.2. The Kier molecular flexibility index (Phi) is 6.26. The van der Waals surface area contributed by atoms with E-state index in [-0.39, 0.29) is 18.0 Å². The molecule has 8 heteroatoms. The third-order valence-corrected chi connectivity index (χ3v) is 3.83. The summed E-state index contributed by atoms with van der Waals surface area (Å²) in [5, 5.41) is 13.7. The quantitative estimate of drug-likeness (QED) is 0.449. The van der Waals surface area contributed by atoms with Crippen LogP contribution in [0.2, 0.25) is 0 Å². The topological polar surface area (TPSA) is 99.9 Å². The van der Waals surface area contributed by atoms with Gasteiger partial charge in [0.1, 0.15) is 28.7 Å². The van der Waals surface area contributed by atoms with Crippen LogP contribution in [-0.4, -0.2) is 24.5 Å². The fourth-order valence-electron chi connectivity index (χ4n) is 2.48. The van der Waals surface area contributed by atoms with E-state index in [0.29, 0.717) is 23.0 Å². The molecule has 0 radical (unpaired) electrons. The van der Waals surface area contributed by atoms with E-state index in [1.54, 1.807) is 24.3 Å². The Labute approximate surface area is 166 Å². The average Bonchev–Trinajstić information content (AvgIpc) is 2.73. The van der Waals surface area contributed by atoms with Crippen molar-refractivity contribution >= 4 is 17.3 Å². The molecule has 0 atom stereocenters. The first kappa shape index (κ1) is 19.7. The van der Waals surface area contributed by atoms with Gasteiger partial charge in [0.15, 0.2) is 6.61 Å². The van der Waals surface area contributed by atoms with Gasteiger partial charge in [-0.15, -0.1) is 0 Å². The molecule has 1 N–H and O–H groups in total. The molecule has 0 aliphatic heterocycles. The number of methoxy groups -OCH3 is 1. The molecule has 8 nitrogen and oxygen atoms in total. The highest BCUT2D eigenvalue weighted by atomic mass is 16.6. The van der Waals surface area contributed by atoms with Gasteiger partial charge in [0, 0.05) is 6.07 Å². The second kappa shape index (κ2) is 9.23. The SMILES string of the molecule is COc1ccc(NC(=O)COc2cccc(Oc3ccccc3)c2)c([N+](=O)[O-])c1. The maximum absolute atomic E-state index is 12.2. The van der Waals surface area contributed by atoms with Crippen LogP contribution in [0.3, 0.4) is 0 Å². The van der Waals surface area contributed by atoms with Crippen LogP contribution in [0.15, 0.2) is 72.8 Å². The number of ether oxygens (including phenoxy) is 3. The Balaban J connectivity index is 1.61. The predicted octanol–water partition coefficient (Wildman–Crippen LogP) is 4.41. The minimum Gasteiger partial charge on any atom is -0.496 e. The summed E-state index contributed by atoms with van der Waals surface area (Å²) in [5.74, 6) is 1.45. The van der Waals surface area contributed by atoms with E-state index >= 15 is 0 Å². The summed E-state index contributed by atoms with van der Waals surface area (Å²) in [5.41, 5.74) is -0.207. The number of benzene rings is 3. The van der Waals surface area contributed by atoms with Crippen molar-refractivity contribution in [3.05, 3.63) is 82.9 Å². The summed E-state index contributed by atoms with van der Waals surface area (Å²) in [6, 6.07) is 20.2. The number of nitrogens with one attached hydrogen (secondary N) is 1. The first-order chi connectivity index (χ1) is 14.0. The summed E-state index contributed by atoms with van der Waals surface area (Å²) >= 11 is 0. The van der Waals surface area contributed by atoms with Crippen molar-refractivity contribution in [1.29, 1.82) is 0 Å². The largest absolute Gasteiger partial charge is 0.496 e. The molecule has 0 bridgehead atoms. The number of hydrogen-bond donors (Lipinski definition) is 1. The van der Waals surface area contributed by atoms with E-state index in [1.807, 2.05) is 30.3 Å². The standard InChI is InChI=1S/C21H18N2O6/c1-27-16-10-11-19(20(13-16)23(25)26)22-21(24)14-28-17-8-5-9-18(12-17)29-15-6-3-2-4-7-15/h2-13H,14H2,1H3,(H,22,24). The summed E-state index contributed by atoms with van der Waals surface area (Å²) in [4.78, 5) is 22.8. The molecule has 148 valence electrons. The lowest BCUT2D eigenvalue weighted by Gasteiger charge is -2.10. The van der Waals surface area contributed by atoms with Crippen LogP contribution < -0.4 is 19.5 Å².